The van der Waals surface area contributed by atoms with E-state index in [0.29, 0.717) is 5.69 Å². The minimum absolute atomic E-state index is 0.00694. The molecule has 0 radical (unpaired) electrons. The molecule has 0 unspecified atom stereocenters. The van der Waals surface area contributed by atoms with Crippen LogP contribution < -0.4 is 9.04 Å². The summed E-state index contributed by atoms with van der Waals surface area (Å²) in [6, 6.07) is 10.7. The maximum atomic E-state index is 13.7. The molecule has 2 rings (SSSR count). The third-order valence-electron chi connectivity index (χ3n) is 3.24. The molecule has 2 aromatic carbocycles. The van der Waals surface area contributed by atoms with Crippen LogP contribution in [0.5, 0.6) is 5.75 Å². The number of methoxy groups -OCH3 is 1. The summed E-state index contributed by atoms with van der Waals surface area (Å²) in [4.78, 5) is -0.119. The van der Waals surface area contributed by atoms with E-state index in [1.54, 1.807) is 12.1 Å². The fraction of sp³-hybridized carbons (Fsp3) is 0.200. The summed E-state index contributed by atoms with van der Waals surface area (Å²) in [7, 11) is -1.05. The van der Waals surface area contributed by atoms with E-state index in [9.17, 15) is 12.8 Å². The number of ether oxygens (including phenoxy) is 1. The second-order valence-electron chi connectivity index (χ2n) is 4.56. The van der Waals surface area contributed by atoms with Crippen LogP contribution in [-0.4, -0.2) is 22.6 Å². The van der Waals surface area contributed by atoms with Crippen LogP contribution in [0.25, 0.3) is 0 Å². The van der Waals surface area contributed by atoms with E-state index < -0.39 is 15.8 Å². The molecule has 0 aromatic heterocycles. The van der Waals surface area contributed by atoms with Crippen molar-refractivity contribution >= 4 is 15.7 Å². The highest BCUT2D eigenvalue weighted by Crippen LogP contribution is 2.27. The summed E-state index contributed by atoms with van der Waals surface area (Å²) in [6.07, 6.45) is 0. The molecule has 0 saturated heterocycles. The van der Waals surface area contributed by atoms with E-state index >= 15 is 0 Å². The average molecular weight is 309 g/mol. The van der Waals surface area contributed by atoms with E-state index in [-0.39, 0.29) is 10.6 Å². The van der Waals surface area contributed by atoms with Crippen LogP contribution in [-0.2, 0) is 10.0 Å². The summed E-state index contributed by atoms with van der Waals surface area (Å²) in [5.74, 6) is -0.704. The van der Waals surface area contributed by atoms with Crippen LogP contribution in [0.1, 0.15) is 5.56 Å². The van der Waals surface area contributed by atoms with Crippen LogP contribution in [0, 0.1) is 12.7 Å². The fourth-order valence-electron chi connectivity index (χ4n) is 2.01. The predicted molar refractivity (Wildman–Crippen MR) is 79.7 cm³/mol. The van der Waals surface area contributed by atoms with Crippen LogP contribution in [0.15, 0.2) is 47.4 Å². The molecule has 4 nitrogen and oxygen atoms in total. The van der Waals surface area contributed by atoms with Gasteiger partial charge in [0.05, 0.1) is 17.7 Å². The van der Waals surface area contributed by atoms with Gasteiger partial charge >= 0.3 is 0 Å². The van der Waals surface area contributed by atoms with Crippen molar-refractivity contribution in [1.82, 2.24) is 0 Å². The number of sulfonamides is 1. The largest absolute Gasteiger partial charge is 0.494 e. The molecule has 112 valence electrons. The first-order valence-electron chi connectivity index (χ1n) is 6.26. The Balaban J connectivity index is 2.47. The van der Waals surface area contributed by atoms with Gasteiger partial charge in [-0.25, -0.2) is 12.8 Å². The lowest BCUT2D eigenvalue weighted by molar-refractivity contribution is 0.385. The van der Waals surface area contributed by atoms with Crippen molar-refractivity contribution in [3.8, 4) is 5.75 Å². The first kappa shape index (κ1) is 15.3. The van der Waals surface area contributed by atoms with Gasteiger partial charge in [0.2, 0.25) is 0 Å². The molecule has 0 amide bonds. The highest BCUT2D eigenvalue weighted by atomic mass is 32.2. The van der Waals surface area contributed by atoms with Crippen molar-refractivity contribution in [1.29, 1.82) is 0 Å². The second-order valence-corrected chi connectivity index (χ2v) is 6.52. The number of aryl methyl sites for hydroxylation is 1. The molecular formula is C15H16FNO3S. The van der Waals surface area contributed by atoms with Crippen LogP contribution in [0.3, 0.4) is 0 Å². The molecule has 0 aliphatic carbocycles. The number of nitrogens with zero attached hydrogens (tertiary/aromatic N) is 1. The summed E-state index contributed by atoms with van der Waals surface area (Å²) in [5.41, 5.74) is 1.37. The number of para-hydroxylation sites is 1. The maximum absolute atomic E-state index is 13.7. The smallest absolute Gasteiger partial charge is 0.264 e. The van der Waals surface area contributed by atoms with E-state index in [1.807, 2.05) is 19.1 Å². The van der Waals surface area contributed by atoms with E-state index in [1.165, 1.54) is 26.3 Å². The molecule has 0 saturated carbocycles. The monoisotopic (exact) mass is 309 g/mol. The van der Waals surface area contributed by atoms with Crippen LogP contribution in [0.2, 0.25) is 0 Å². The van der Waals surface area contributed by atoms with E-state index in [4.69, 9.17) is 4.74 Å². The zero-order valence-electron chi connectivity index (χ0n) is 12.0. The molecule has 0 atom stereocenters. The van der Waals surface area contributed by atoms with Gasteiger partial charge in [0.15, 0.2) is 11.6 Å². The standard InChI is InChI=1S/C15H16FNO3S/c1-11-6-4-5-7-14(11)17(2)21(18,19)12-8-9-15(20-3)13(16)10-12/h4-10H,1-3H3. The lowest BCUT2D eigenvalue weighted by Crippen LogP contribution is -2.27. The second kappa shape index (κ2) is 5.73. The number of hydrogen-bond donors (Lipinski definition) is 0. The molecular weight excluding hydrogens is 293 g/mol. The van der Waals surface area contributed by atoms with Gasteiger partial charge in [-0.2, -0.15) is 0 Å². The molecule has 0 bridgehead atoms. The van der Waals surface area contributed by atoms with Crippen molar-refractivity contribution in [2.45, 2.75) is 11.8 Å². The van der Waals surface area contributed by atoms with Crippen molar-refractivity contribution in [3.05, 3.63) is 53.8 Å². The van der Waals surface area contributed by atoms with Gasteiger partial charge in [0.25, 0.3) is 10.0 Å². The van der Waals surface area contributed by atoms with Gasteiger partial charge in [-0.05, 0) is 36.8 Å². The summed E-state index contributed by atoms with van der Waals surface area (Å²) in [5, 5.41) is 0. The van der Waals surface area contributed by atoms with Gasteiger partial charge in [-0.1, -0.05) is 18.2 Å². The minimum Gasteiger partial charge on any atom is -0.494 e. The lowest BCUT2D eigenvalue weighted by atomic mass is 10.2. The van der Waals surface area contributed by atoms with Gasteiger partial charge < -0.3 is 4.74 Å². The number of halogens is 1. The van der Waals surface area contributed by atoms with Gasteiger partial charge in [-0.3, -0.25) is 4.31 Å². The lowest BCUT2D eigenvalue weighted by Gasteiger charge is -2.21. The number of anilines is 1. The molecule has 0 heterocycles. The van der Waals surface area contributed by atoms with E-state index in [0.717, 1.165) is 15.9 Å². The van der Waals surface area contributed by atoms with Crippen molar-refractivity contribution in [2.24, 2.45) is 0 Å². The quantitative estimate of drug-likeness (QED) is 0.872. The topological polar surface area (TPSA) is 46.6 Å². The van der Waals surface area contributed by atoms with Gasteiger partial charge in [0, 0.05) is 7.05 Å². The molecule has 0 aliphatic heterocycles. The Morgan fingerprint density at radius 1 is 1.14 bits per heavy atom. The Morgan fingerprint density at radius 3 is 2.38 bits per heavy atom. The molecule has 0 N–H and O–H groups in total. The molecule has 0 fully saturated rings. The van der Waals surface area contributed by atoms with Gasteiger partial charge in [-0.15, -0.1) is 0 Å². The average Bonchev–Trinajstić information content (AvgIpc) is 2.47. The van der Waals surface area contributed by atoms with Crippen molar-refractivity contribution in [3.63, 3.8) is 0 Å². The van der Waals surface area contributed by atoms with Crippen molar-refractivity contribution < 1.29 is 17.5 Å². The Bertz CT molecular complexity index is 759. The third-order valence-corrected chi connectivity index (χ3v) is 5.00. The molecule has 2 aromatic rings. The summed E-state index contributed by atoms with van der Waals surface area (Å²) >= 11 is 0. The molecule has 0 spiro atoms. The number of benzene rings is 2. The summed E-state index contributed by atoms with van der Waals surface area (Å²) < 4.78 is 44.8. The number of rotatable bonds is 4. The van der Waals surface area contributed by atoms with Gasteiger partial charge in [0.1, 0.15) is 0 Å². The zero-order chi connectivity index (χ0) is 15.6. The molecule has 21 heavy (non-hydrogen) atoms. The highest BCUT2D eigenvalue weighted by molar-refractivity contribution is 7.92. The van der Waals surface area contributed by atoms with Crippen molar-refractivity contribution in [2.75, 3.05) is 18.5 Å². The fourth-order valence-corrected chi connectivity index (χ4v) is 3.28. The number of hydrogen-bond acceptors (Lipinski definition) is 3. The van der Waals surface area contributed by atoms with Crippen LogP contribution in [0.4, 0.5) is 10.1 Å². The zero-order valence-corrected chi connectivity index (χ0v) is 12.8. The molecule has 6 heteroatoms. The Labute approximate surface area is 123 Å². The third kappa shape index (κ3) is 2.85. The Kier molecular flexibility index (Phi) is 4.18. The van der Waals surface area contributed by atoms with Crippen LogP contribution >= 0.6 is 0 Å². The Hall–Kier alpha value is -2.08. The highest BCUT2D eigenvalue weighted by Gasteiger charge is 2.23. The first-order valence-corrected chi connectivity index (χ1v) is 7.70. The van der Waals surface area contributed by atoms with E-state index in [2.05, 4.69) is 0 Å². The minimum atomic E-state index is -3.82. The molecule has 0 aliphatic rings. The predicted octanol–water partition coefficient (Wildman–Crippen LogP) is 2.97. The first-order chi connectivity index (χ1) is 9.87. The summed E-state index contributed by atoms with van der Waals surface area (Å²) in [6.45, 7) is 1.82. The maximum Gasteiger partial charge on any atom is 0.264 e. The SMILES string of the molecule is COc1ccc(S(=O)(=O)N(C)c2ccccc2C)cc1F. The normalized spacial score (nSPS) is 11.2. The Morgan fingerprint density at radius 2 is 1.81 bits per heavy atom.